The van der Waals surface area contributed by atoms with Gasteiger partial charge in [-0.15, -0.1) is 0 Å². The number of nitrogens with zero attached hydrogens (tertiary/aromatic N) is 1. The van der Waals surface area contributed by atoms with E-state index in [2.05, 4.69) is 10.2 Å². The second-order valence-corrected chi connectivity index (χ2v) is 5.94. The smallest absolute Gasteiger partial charge is 0.323 e. The zero-order chi connectivity index (χ0) is 13.5. The molecule has 0 heterocycles. The largest absolute Gasteiger partial charge is 0.462 e. The minimum Gasteiger partial charge on any atom is -0.462 e. The molecule has 7 nitrogen and oxygen atoms in total. The second-order valence-electron chi connectivity index (χ2n) is 3.72. The molecule has 0 aromatic rings. The molecule has 0 amide bonds. The molecule has 0 aliphatic carbocycles. The van der Waals surface area contributed by atoms with Crippen LogP contribution in [0.4, 0.5) is 0 Å². The van der Waals surface area contributed by atoms with E-state index in [0.29, 0.717) is 0 Å². The van der Waals surface area contributed by atoms with Crippen LogP contribution < -0.4 is 10.2 Å². The van der Waals surface area contributed by atoms with Crippen molar-refractivity contribution >= 4 is 13.4 Å². The molecule has 0 radical (unpaired) electrons. The number of methoxy groups -OCH3 is 1. The number of hydrogen-bond donors (Lipinski definition) is 2. The van der Waals surface area contributed by atoms with Gasteiger partial charge in [0.05, 0.1) is 6.10 Å². The molecule has 1 unspecified atom stereocenters. The molecule has 2 N–H and O–H groups in total. The average Bonchev–Trinajstić information content (AvgIpc) is 2.16. The lowest BCUT2D eigenvalue weighted by atomic mass is 10.4. The molecule has 0 spiro atoms. The highest BCUT2D eigenvalue weighted by Crippen LogP contribution is 2.35. The summed E-state index contributed by atoms with van der Waals surface area (Å²) in [6.07, 6.45) is 1.12. The molecule has 0 saturated carbocycles. The van der Waals surface area contributed by atoms with Gasteiger partial charge in [-0.1, -0.05) is 0 Å². The Morgan fingerprint density at radius 3 is 2.47 bits per heavy atom. The molecule has 98 valence electrons. The van der Waals surface area contributed by atoms with E-state index in [1.807, 2.05) is 0 Å². The van der Waals surface area contributed by atoms with E-state index in [4.69, 9.17) is 14.7 Å². The van der Waals surface area contributed by atoms with E-state index in [1.54, 1.807) is 20.0 Å². The van der Waals surface area contributed by atoms with Gasteiger partial charge in [0.1, 0.15) is 12.4 Å². The van der Waals surface area contributed by atoms with Gasteiger partial charge in [0.25, 0.3) is 7.44 Å². The van der Waals surface area contributed by atoms with Crippen LogP contribution in [0.1, 0.15) is 20.8 Å². The Bertz CT molecular complexity index is 340. The molecule has 0 aromatic heterocycles. The number of nitrogens with one attached hydrogen (secondary N) is 2. The first-order valence-electron chi connectivity index (χ1n) is 5.07. The molecule has 0 aliphatic heterocycles. The fourth-order valence-electron chi connectivity index (χ4n) is 1.06. The van der Waals surface area contributed by atoms with Gasteiger partial charge in [-0.3, -0.25) is 14.4 Å². The maximum absolute atomic E-state index is 12.0. The molecule has 0 bridgehead atoms. The highest BCUT2D eigenvalue weighted by Gasteiger charge is 2.28. The first-order valence-corrected chi connectivity index (χ1v) is 6.96. The monoisotopic (exact) mass is 263 g/mol. The number of rotatable bonds is 7. The van der Waals surface area contributed by atoms with Crippen molar-refractivity contribution in [1.29, 1.82) is 5.26 Å². The predicted octanol–water partition coefficient (Wildman–Crippen LogP) is 0.784. The van der Waals surface area contributed by atoms with E-state index in [1.165, 1.54) is 14.0 Å². The topological polar surface area (TPSA) is 100 Å². The Kier molecular flexibility index (Phi) is 6.81. The first kappa shape index (κ1) is 15.9. The summed E-state index contributed by atoms with van der Waals surface area (Å²) in [6, 6.07) is -0.792. The van der Waals surface area contributed by atoms with Gasteiger partial charge in [0.2, 0.25) is 0 Å². The fourth-order valence-corrected chi connectivity index (χ4v) is 2.52. The molecular weight excluding hydrogens is 245 g/mol. The molecule has 8 heteroatoms. The van der Waals surface area contributed by atoms with E-state index >= 15 is 0 Å². The van der Waals surface area contributed by atoms with Gasteiger partial charge >= 0.3 is 5.97 Å². The lowest BCUT2D eigenvalue weighted by Crippen LogP contribution is -2.37. The van der Waals surface area contributed by atoms with Crippen molar-refractivity contribution in [2.45, 2.75) is 32.9 Å². The Morgan fingerprint density at radius 2 is 2.06 bits per heavy atom. The van der Waals surface area contributed by atoms with Gasteiger partial charge in [-0.25, -0.2) is 5.09 Å². The van der Waals surface area contributed by atoms with Gasteiger partial charge < -0.3 is 9.47 Å². The summed E-state index contributed by atoms with van der Waals surface area (Å²) in [7, 11) is -1.91. The van der Waals surface area contributed by atoms with Gasteiger partial charge in [0, 0.05) is 7.11 Å². The van der Waals surface area contributed by atoms with Crippen LogP contribution in [0.25, 0.3) is 0 Å². The van der Waals surface area contributed by atoms with Crippen molar-refractivity contribution in [2.24, 2.45) is 0 Å². The number of carbonyl (C=O) groups is 1. The number of esters is 1. The van der Waals surface area contributed by atoms with Crippen molar-refractivity contribution < 1.29 is 18.8 Å². The summed E-state index contributed by atoms with van der Waals surface area (Å²) in [5.41, 5.74) is 0. The highest BCUT2D eigenvalue weighted by molar-refractivity contribution is 7.59. The van der Waals surface area contributed by atoms with Crippen LogP contribution >= 0.6 is 7.44 Å². The number of hydrogen-bond acceptors (Lipinski definition) is 5. The molecule has 0 aromatic carbocycles. The van der Waals surface area contributed by atoms with E-state index in [-0.39, 0.29) is 12.5 Å². The summed E-state index contributed by atoms with van der Waals surface area (Å²) < 4.78 is 21.7. The zero-order valence-corrected chi connectivity index (χ0v) is 11.3. The number of carbonyl (C=O) groups excluding carboxylic acids is 1. The van der Waals surface area contributed by atoms with Crippen molar-refractivity contribution in [3.8, 4) is 6.19 Å². The second kappa shape index (κ2) is 7.28. The van der Waals surface area contributed by atoms with Crippen molar-refractivity contribution in [2.75, 3.05) is 13.5 Å². The maximum Gasteiger partial charge on any atom is 0.323 e. The summed E-state index contributed by atoms with van der Waals surface area (Å²) in [5.74, 6) is -0.531. The third kappa shape index (κ3) is 6.27. The minimum absolute atomic E-state index is 0.195. The number of ether oxygens (including phenoxy) is 2. The molecule has 17 heavy (non-hydrogen) atoms. The summed E-state index contributed by atoms with van der Waals surface area (Å²) >= 11 is 0. The third-order valence-corrected chi connectivity index (χ3v) is 3.54. The molecule has 0 aliphatic rings. The summed E-state index contributed by atoms with van der Waals surface area (Å²) in [6.45, 7) is 4.94. The standard InChI is InChI=1S/C9H18N3O4P/c1-7(2)16-9(13)8(3)12-17(14,6-15-4)11-5-10/h7-8H,6H2,1-4H3,(H2,11,12,14)/t8-,17?/m0/s1. The SMILES string of the molecule is COCP(=O)(NC#N)N[C@@H](C)C(=O)OC(C)C. The summed E-state index contributed by atoms with van der Waals surface area (Å²) in [5, 5.41) is 13.1. The fraction of sp³-hybridized carbons (Fsp3) is 0.778. The van der Waals surface area contributed by atoms with Crippen LogP contribution in [0.3, 0.4) is 0 Å². The van der Waals surface area contributed by atoms with Crippen LogP contribution in [-0.4, -0.2) is 31.6 Å². The predicted molar refractivity (Wildman–Crippen MR) is 62.1 cm³/mol. The van der Waals surface area contributed by atoms with E-state index in [9.17, 15) is 9.36 Å². The quantitative estimate of drug-likeness (QED) is 0.303. The molecular formula is C9H18N3O4P. The van der Waals surface area contributed by atoms with Crippen molar-refractivity contribution in [3.63, 3.8) is 0 Å². The highest BCUT2D eigenvalue weighted by atomic mass is 31.2. The van der Waals surface area contributed by atoms with Crippen LogP contribution in [0.15, 0.2) is 0 Å². The Morgan fingerprint density at radius 1 is 1.47 bits per heavy atom. The number of nitriles is 1. The minimum atomic E-state index is -3.26. The van der Waals surface area contributed by atoms with Crippen LogP contribution in [-0.2, 0) is 18.8 Å². The lowest BCUT2D eigenvalue weighted by molar-refractivity contribution is -0.148. The molecule has 2 atom stereocenters. The summed E-state index contributed by atoms with van der Waals surface area (Å²) in [4.78, 5) is 11.5. The van der Waals surface area contributed by atoms with Gasteiger partial charge in [-0.2, -0.15) is 5.26 Å². The third-order valence-electron chi connectivity index (χ3n) is 1.65. The van der Waals surface area contributed by atoms with Crippen LogP contribution in [0, 0.1) is 11.5 Å². The Labute approximate surface area is 101 Å². The molecule has 0 saturated heterocycles. The Balaban J connectivity index is 4.51. The van der Waals surface area contributed by atoms with Gasteiger partial charge in [-0.05, 0) is 20.8 Å². The van der Waals surface area contributed by atoms with Gasteiger partial charge in [0.15, 0.2) is 6.19 Å². The van der Waals surface area contributed by atoms with Crippen LogP contribution in [0.2, 0.25) is 0 Å². The molecule has 0 rings (SSSR count). The van der Waals surface area contributed by atoms with Crippen molar-refractivity contribution in [3.05, 3.63) is 0 Å². The van der Waals surface area contributed by atoms with Crippen LogP contribution in [0.5, 0.6) is 0 Å². The first-order chi connectivity index (χ1) is 7.84. The van der Waals surface area contributed by atoms with Crippen molar-refractivity contribution in [1.82, 2.24) is 10.2 Å². The normalized spacial score (nSPS) is 15.8. The average molecular weight is 263 g/mol. The zero-order valence-electron chi connectivity index (χ0n) is 10.4. The Hall–Kier alpha value is -1.09. The lowest BCUT2D eigenvalue weighted by Gasteiger charge is -2.21. The maximum atomic E-state index is 12.0. The molecule has 0 fully saturated rings. The van der Waals surface area contributed by atoms with E-state index < -0.39 is 19.5 Å². The van der Waals surface area contributed by atoms with E-state index in [0.717, 1.165) is 0 Å².